The van der Waals surface area contributed by atoms with Gasteiger partial charge in [-0.25, -0.2) is 4.39 Å². The van der Waals surface area contributed by atoms with Crippen molar-refractivity contribution in [2.24, 2.45) is 0 Å². The Bertz CT molecular complexity index is 884. The number of hydrogen-bond donors (Lipinski definition) is 2. The van der Waals surface area contributed by atoms with E-state index in [-0.39, 0.29) is 18.1 Å². The highest BCUT2D eigenvalue weighted by molar-refractivity contribution is 5.91. The SMILES string of the molecule is O=C(CC1(O)CCC(c2ccnc3c2C=CCC3)CC1)Nc1ccc(F)cc1. The number of nitrogens with one attached hydrogen (secondary N) is 1. The largest absolute Gasteiger partial charge is 0.389 e. The van der Waals surface area contributed by atoms with Gasteiger partial charge in [-0.05, 0) is 85.9 Å². The molecule has 4 rings (SSSR count). The van der Waals surface area contributed by atoms with Crippen LogP contribution in [0.4, 0.5) is 10.1 Å². The van der Waals surface area contributed by atoms with E-state index < -0.39 is 5.60 Å². The van der Waals surface area contributed by atoms with Crippen molar-refractivity contribution in [1.29, 1.82) is 0 Å². The minimum atomic E-state index is -0.983. The van der Waals surface area contributed by atoms with E-state index in [0.29, 0.717) is 24.4 Å². The molecule has 4 nitrogen and oxygen atoms in total. The molecule has 1 amide bonds. The quantitative estimate of drug-likeness (QED) is 0.815. The summed E-state index contributed by atoms with van der Waals surface area (Å²) in [6.45, 7) is 0. The summed E-state index contributed by atoms with van der Waals surface area (Å²) in [5.41, 5.74) is 3.29. The van der Waals surface area contributed by atoms with Gasteiger partial charge >= 0.3 is 0 Å². The zero-order chi connectivity index (χ0) is 19.6. The molecule has 5 heteroatoms. The highest BCUT2D eigenvalue weighted by Gasteiger charge is 2.36. The van der Waals surface area contributed by atoms with Gasteiger partial charge in [0.1, 0.15) is 5.82 Å². The summed E-state index contributed by atoms with van der Waals surface area (Å²) in [5.74, 6) is -0.195. The first-order valence-electron chi connectivity index (χ1n) is 9.95. The Hall–Kier alpha value is -2.53. The zero-order valence-electron chi connectivity index (χ0n) is 15.8. The van der Waals surface area contributed by atoms with Crippen LogP contribution < -0.4 is 5.32 Å². The van der Waals surface area contributed by atoms with Crippen LogP contribution in [0, 0.1) is 5.82 Å². The summed E-state index contributed by atoms with van der Waals surface area (Å²) < 4.78 is 13.0. The van der Waals surface area contributed by atoms with E-state index >= 15 is 0 Å². The molecule has 1 aromatic heterocycles. The van der Waals surface area contributed by atoms with Crippen molar-refractivity contribution in [2.45, 2.75) is 56.5 Å². The summed E-state index contributed by atoms with van der Waals surface area (Å²) >= 11 is 0. The molecule has 0 unspecified atom stereocenters. The van der Waals surface area contributed by atoms with E-state index in [1.54, 1.807) is 0 Å². The summed E-state index contributed by atoms with van der Waals surface area (Å²) in [7, 11) is 0. The molecule has 2 N–H and O–H groups in total. The van der Waals surface area contributed by atoms with Crippen molar-refractivity contribution in [2.75, 3.05) is 5.32 Å². The van der Waals surface area contributed by atoms with Crippen molar-refractivity contribution >= 4 is 17.7 Å². The van der Waals surface area contributed by atoms with Crippen LogP contribution in [-0.4, -0.2) is 21.6 Å². The standard InChI is InChI=1S/C23H25FN2O2/c24-17-5-7-18(8-6-17)26-22(27)15-23(28)12-9-16(10-13-23)19-11-14-25-21-4-2-1-3-20(19)21/h1,3,5-8,11,14,16,28H,2,4,9-10,12-13,15H2,(H,26,27). The first-order chi connectivity index (χ1) is 13.5. The van der Waals surface area contributed by atoms with Gasteiger partial charge in [-0.1, -0.05) is 12.2 Å². The molecule has 1 saturated carbocycles. The average molecular weight is 380 g/mol. The zero-order valence-corrected chi connectivity index (χ0v) is 15.8. The predicted molar refractivity (Wildman–Crippen MR) is 107 cm³/mol. The lowest BCUT2D eigenvalue weighted by Crippen LogP contribution is -2.37. The number of hydrogen-bond acceptors (Lipinski definition) is 3. The van der Waals surface area contributed by atoms with Crippen molar-refractivity contribution in [3.05, 3.63) is 65.2 Å². The lowest BCUT2D eigenvalue weighted by Gasteiger charge is -2.36. The predicted octanol–water partition coefficient (Wildman–Crippen LogP) is 4.60. The summed E-state index contributed by atoms with van der Waals surface area (Å²) in [6.07, 6.45) is 11.2. The molecule has 0 bridgehead atoms. The van der Waals surface area contributed by atoms with E-state index in [9.17, 15) is 14.3 Å². The van der Waals surface area contributed by atoms with E-state index in [2.05, 4.69) is 28.5 Å². The van der Waals surface area contributed by atoms with E-state index in [1.807, 2.05) is 6.20 Å². The van der Waals surface area contributed by atoms with E-state index in [0.717, 1.165) is 25.7 Å². The Morgan fingerprint density at radius 2 is 1.96 bits per heavy atom. The van der Waals surface area contributed by atoms with Gasteiger partial charge in [0.25, 0.3) is 0 Å². The number of fused-ring (bicyclic) bond motifs is 1. The number of amides is 1. The van der Waals surface area contributed by atoms with Crippen LogP contribution in [0.5, 0.6) is 0 Å². The van der Waals surface area contributed by atoms with E-state index in [4.69, 9.17) is 0 Å². The molecule has 1 aromatic carbocycles. The van der Waals surface area contributed by atoms with Gasteiger partial charge in [0.05, 0.1) is 12.0 Å². The molecule has 2 aromatic rings. The second-order valence-electron chi connectivity index (χ2n) is 7.93. The monoisotopic (exact) mass is 380 g/mol. The second kappa shape index (κ2) is 7.84. The van der Waals surface area contributed by atoms with Gasteiger partial charge < -0.3 is 10.4 Å². The fraction of sp³-hybridized carbons (Fsp3) is 0.391. The van der Waals surface area contributed by atoms with Crippen molar-refractivity contribution in [3.63, 3.8) is 0 Å². The molecule has 146 valence electrons. The van der Waals surface area contributed by atoms with Crippen LogP contribution in [0.1, 0.15) is 61.3 Å². The Labute approximate surface area is 164 Å². The van der Waals surface area contributed by atoms with Crippen LogP contribution in [0.15, 0.2) is 42.6 Å². The smallest absolute Gasteiger partial charge is 0.227 e. The van der Waals surface area contributed by atoms with Crippen molar-refractivity contribution in [1.82, 2.24) is 4.98 Å². The summed E-state index contributed by atoms with van der Waals surface area (Å²) in [6, 6.07) is 7.76. The maximum atomic E-state index is 13.0. The number of carbonyl (C=O) groups excluding carboxylic acids is 1. The fourth-order valence-corrected chi connectivity index (χ4v) is 4.38. The first-order valence-corrected chi connectivity index (χ1v) is 9.95. The number of halogens is 1. The summed E-state index contributed by atoms with van der Waals surface area (Å²) in [4.78, 5) is 16.8. The molecule has 0 aliphatic heterocycles. The number of aryl methyl sites for hydroxylation is 1. The maximum Gasteiger partial charge on any atom is 0.227 e. The highest BCUT2D eigenvalue weighted by atomic mass is 19.1. The van der Waals surface area contributed by atoms with Crippen LogP contribution in [-0.2, 0) is 11.2 Å². The molecule has 2 aliphatic rings. The van der Waals surface area contributed by atoms with Gasteiger partial charge in [-0.3, -0.25) is 9.78 Å². The minimum absolute atomic E-state index is 0.0610. The lowest BCUT2D eigenvalue weighted by atomic mass is 9.73. The number of rotatable bonds is 4. The van der Waals surface area contributed by atoms with Crippen molar-refractivity contribution in [3.8, 4) is 0 Å². The number of benzene rings is 1. The molecule has 0 atom stereocenters. The van der Waals surface area contributed by atoms with Gasteiger partial charge in [0, 0.05) is 17.6 Å². The number of nitrogens with zero attached hydrogens (tertiary/aromatic N) is 1. The molecule has 0 spiro atoms. The van der Waals surface area contributed by atoms with Gasteiger partial charge in [-0.2, -0.15) is 0 Å². The van der Waals surface area contributed by atoms with E-state index in [1.165, 1.54) is 41.1 Å². The lowest BCUT2D eigenvalue weighted by molar-refractivity contribution is -0.122. The number of anilines is 1. The second-order valence-corrected chi connectivity index (χ2v) is 7.93. The maximum absolute atomic E-state index is 13.0. The third-order valence-electron chi connectivity index (χ3n) is 5.91. The van der Waals surface area contributed by atoms with Crippen LogP contribution in [0.25, 0.3) is 6.08 Å². The highest BCUT2D eigenvalue weighted by Crippen LogP contribution is 2.41. The van der Waals surface area contributed by atoms with Gasteiger partial charge in [0.15, 0.2) is 0 Å². The van der Waals surface area contributed by atoms with Gasteiger partial charge in [-0.15, -0.1) is 0 Å². The van der Waals surface area contributed by atoms with Gasteiger partial charge in [0.2, 0.25) is 5.91 Å². The Morgan fingerprint density at radius 3 is 2.71 bits per heavy atom. The number of allylic oxidation sites excluding steroid dienone is 1. The number of aliphatic hydroxyl groups is 1. The molecule has 0 saturated heterocycles. The Morgan fingerprint density at radius 1 is 1.21 bits per heavy atom. The topological polar surface area (TPSA) is 62.2 Å². The Balaban J connectivity index is 1.37. The molecular formula is C23H25FN2O2. The third kappa shape index (κ3) is 4.14. The molecular weight excluding hydrogens is 355 g/mol. The molecule has 1 fully saturated rings. The molecule has 1 heterocycles. The van der Waals surface area contributed by atoms with Crippen LogP contribution in [0.2, 0.25) is 0 Å². The number of pyridine rings is 1. The average Bonchev–Trinajstić information content (AvgIpc) is 2.70. The molecule has 28 heavy (non-hydrogen) atoms. The van der Waals surface area contributed by atoms with Crippen molar-refractivity contribution < 1.29 is 14.3 Å². The first kappa shape index (κ1) is 18.8. The normalized spacial score (nSPS) is 23.9. The molecule has 0 radical (unpaired) electrons. The molecule has 2 aliphatic carbocycles. The number of carbonyl (C=O) groups is 1. The Kier molecular flexibility index (Phi) is 5.27. The fourth-order valence-electron chi connectivity index (χ4n) is 4.38. The number of aromatic nitrogens is 1. The third-order valence-corrected chi connectivity index (χ3v) is 5.91. The van der Waals surface area contributed by atoms with Crippen LogP contribution in [0.3, 0.4) is 0 Å². The summed E-state index contributed by atoms with van der Waals surface area (Å²) in [5, 5.41) is 13.7. The minimum Gasteiger partial charge on any atom is -0.389 e. The van der Waals surface area contributed by atoms with Crippen LogP contribution >= 0.6 is 0 Å².